The molecule has 3 nitrogen and oxygen atoms in total. The first-order valence-corrected chi connectivity index (χ1v) is 6.34. The molecule has 0 spiro atoms. The number of esters is 1. The van der Waals surface area contributed by atoms with Crippen molar-refractivity contribution in [3.8, 4) is 0 Å². The number of rotatable bonds is 4. The Morgan fingerprint density at radius 1 is 1.25 bits per heavy atom. The normalized spacial score (nSPS) is 10.2. The molecule has 2 aromatic rings. The maximum absolute atomic E-state index is 13.5. The lowest BCUT2D eigenvalue weighted by Crippen LogP contribution is -2.04. The first kappa shape index (κ1) is 14.3. The van der Waals surface area contributed by atoms with Gasteiger partial charge in [0.1, 0.15) is 5.82 Å². The van der Waals surface area contributed by atoms with Gasteiger partial charge in [-0.3, -0.25) is 0 Å². The molecular formula is C15H13ClFNO2. The van der Waals surface area contributed by atoms with Crippen LogP contribution in [0.15, 0.2) is 42.5 Å². The predicted molar refractivity (Wildman–Crippen MR) is 76.5 cm³/mol. The van der Waals surface area contributed by atoms with E-state index in [4.69, 9.17) is 11.6 Å². The molecule has 0 saturated carbocycles. The van der Waals surface area contributed by atoms with Crippen LogP contribution >= 0.6 is 11.6 Å². The minimum atomic E-state index is -0.384. The van der Waals surface area contributed by atoms with Crippen molar-refractivity contribution in [1.82, 2.24) is 0 Å². The van der Waals surface area contributed by atoms with Gasteiger partial charge in [-0.1, -0.05) is 23.7 Å². The molecule has 0 bridgehead atoms. The molecule has 0 aromatic heterocycles. The maximum atomic E-state index is 13.5. The molecule has 0 unspecified atom stereocenters. The highest BCUT2D eigenvalue weighted by molar-refractivity contribution is 6.30. The summed E-state index contributed by atoms with van der Waals surface area (Å²) in [6.07, 6.45) is 0. The molecule has 2 aromatic carbocycles. The van der Waals surface area contributed by atoms with Gasteiger partial charge >= 0.3 is 5.97 Å². The Morgan fingerprint density at radius 2 is 1.95 bits per heavy atom. The zero-order valence-corrected chi connectivity index (χ0v) is 11.6. The Bertz CT molecular complexity index is 614. The average molecular weight is 294 g/mol. The summed E-state index contributed by atoms with van der Waals surface area (Å²) in [5.41, 5.74) is 1.73. The molecule has 0 fully saturated rings. The Labute approximate surface area is 121 Å². The third-order valence-electron chi connectivity index (χ3n) is 2.79. The van der Waals surface area contributed by atoms with Crippen LogP contribution < -0.4 is 5.32 Å². The van der Waals surface area contributed by atoms with Crippen LogP contribution in [0.25, 0.3) is 0 Å². The van der Waals surface area contributed by atoms with Crippen LogP contribution in [-0.4, -0.2) is 13.1 Å². The number of hydrogen-bond acceptors (Lipinski definition) is 3. The summed E-state index contributed by atoms with van der Waals surface area (Å²) in [5.74, 6) is -0.744. The molecule has 0 heterocycles. The van der Waals surface area contributed by atoms with Crippen LogP contribution in [0.1, 0.15) is 15.9 Å². The van der Waals surface area contributed by atoms with Gasteiger partial charge in [-0.15, -0.1) is 0 Å². The minimum absolute atomic E-state index is 0.342. The lowest BCUT2D eigenvalue weighted by molar-refractivity contribution is 0.0600. The first-order valence-electron chi connectivity index (χ1n) is 5.96. The monoisotopic (exact) mass is 293 g/mol. The van der Waals surface area contributed by atoms with Gasteiger partial charge in [0, 0.05) is 11.6 Å². The van der Waals surface area contributed by atoms with Gasteiger partial charge in [0.2, 0.25) is 0 Å². The number of anilines is 1. The summed E-state index contributed by atoms with van der Waals surface area (Å²) in [4.78, 5) is 11.3. The molecule has 0 aliphatic carbocycles. The van der Waals surface area contributed by atoms with Crippen molar-refractivity contribution in [1.29, 1.82) is 0 Å². The van der Waals surface area contributed by atoms with Crippen molar-refractivity contribution in [3.63, 3.8) is 0 Å². The van der Waals surface area contributed by atoms with Crippen molar-refractivity contribution in [2.45, 2.75) is 6.54 Å². The lowest BCUT2D eigenvalue weighted by atomic mass is 10.1. The van der Waals surface area contributed by atoms with Gasteiger partial charge in [-0.25, -0.2) is 9.18 Å². The molecule has 0 saturated heterocycles. The topological polar surface area (TPSA) is 38.3 Å². The van der Waals surface area contributed by atoms with Crippen molar-refractivity contribution in [3.05, 3.63) is 64.4 Å². The Kier molecular flexibility index (Phi) is 4.58. The fourth-order valence-corrected chi connectivity index (χ4v) is 1.88. The standard InChI is InChI=1S/C15H13ClFNO2/c1-20-15(19)11-4-2-10(3-5-11)9-18-14-8-12(16)6-7-13(14)17/h2-8,18H,9H2,1H3. The van der Waals surface area contributed by atoms with Gasteiger partial charge in [-0.05, 0) is 35.9 Å². The molecule has 1 N–H and O–H groups in total. The summed E-state index contributed by atoms with van der Waals surface area (Å²) in [6.45, 7) is 0.429. The number of ether oxygens (including phenoxy) is 1. The highest BCUT2D eigenvalue weighted by Crippen LogP contribution is 2.20. The summed E-state index contributed by atoms with van der Waals surface area (Å²) in [5, 5.41) is 3.42. The van der Waals surface area contributed by atoms with Gasteiger partial charge in [0.15, 0.2) is 0 Å². The third kappa shape index (κ3) is 3.48. The second-order valence-electron chi connectivity index (χ2n) is 4.17. The number of methoxy groups -OCH3 is 1. The highest BCUT2D eigenvalue weighted by Gasteiger charge is 2.05. The van der Waals surface area contributed by atoms with E-state index in [1.165, 1.54) is 25.3 Å². The minimum Gasteiger partial charge on any atom is -0.465 e. The molecule has 20 heavy (non-hydrogen) atoms. The van der Waals surface area contributed by atoms with Crippen molar-refractivity contribution >= 4 is 23.3 Å². The van der Waals surface area contributed by atoms with Gasteiger partial charge in [0.25, 0.3) is 0 Å². The lowest BCUT2D eigenvalue weighted by Gasteiger charge is -2.08. The van der Waals surface area contributed by atoms with E-state index in [1.807, 2.05) is 0 Å². The number of hydrogen-bond donors (Lipinski definition) is 1. The largest absolute Gasteiger partial charge is 0.465 e. The summed E-state index contributed by atoms with van der Waals surface area (Å²) < 4.78 is 18.1. The van der Waals surface area contributed by atoms with E-state index < -0.39 is 0 Å². The molecule has 0 aliphatic rings. The van der Waals surface area contributed by atoms with Crippen LogP contribution in [0.4, 0.5) is 10.1 Å². The van der Waals surface area contributed by atoms with Crippen LogP contribution in [0.2, 0.25) is 5.02 Å². The van der Waals surface area contributed by atoms with Gasteiger partial charge in [0.05, 0.1) is 18.4 Å². The van der Waals surface area contributed by atoms with Crippen molar-refractivity contribution < 1.29 is 13.9 Å². The van der Waals surface area contributed by atoms with E-state index in [-0.39, 0.29) is 11.8 Å². The number of carbonyl (C=O) groups is 1. The fourth-order valence-electron chi connectivity index (χ4n) is 1.71. The Balaban J connectivity index is 2.04. The summed E-state index contributed by atoms with van der Waals surface area (Å²) in [7, 11) is 1.33. The van der Waals surface area contributed by atoms with E-state index in [1.54, 1.807) is 24.3 Å². The zero-order chi connectivity index (χ0) is 14.5. The van der Waals surface area contributed by atoms with E-state index in [0.29, 0.717) is 22.8 Å². The van der Waals surface area contributed by atoms with E-state index in [9.17, 15) is 9.18 Å². The van der Waals surface area contributed by atoms with Crippen molar-refractivity contribution in [2.24, 2.45) is 0 Å². The fraction of sp³-hybridized carbons (Fsp3) is 0.133. The van der Waals surface area contributed by atoms with Crippen LogP contribution in [0.3, 0.4) is 0 Å². The van der Waals surface area contributed by atoms with E-state index in [2.05, 4.69) is 10.1 Å². The second kappa shape index (κ2) is 6.39. The number of benzene rings is 2. The Morgan fingerprint density at radius 3 is 2.60 bits per heavy atom. The zero-order valence-electron chi connectivity index (χ0n) is 10.8. The maximum Gasteiger partial charge on any atom is 0.337 e. The van der Waals surface area contributed by atoms with E-state index in [0.717, 1.165) is 5.56 Å². The molecule has 104 valence electrons. The molecule has 0 radical (unpaired) electrons. The molecule has 5 heteroatoms. The number of nitrogens with one attached hydrogen (secondary N) is 1. The smallest absolute Gasteiger partial charge is 0.337 e. The molecule has 0 atom stereocenters. The number of halogens is 2. The predicted octanol–water partition coefficient (Wildman–Crippen LogP) is 3.88. The number of carbonyl (C=O) groups excluding carboxylic acids is 1. The first-order chi connectivity index (χ1) is 9.60. The van der Waals surface area contributed by atoms with Gasteiger partial charge in [-0.2, -0.15) is 0 Å². The summed E-state index contributed by atoms with van der Waals surface area (Å²) in [6, 6.07) is 11.2. The van der Waals surface area contributed by atoms with Crippen LogP contribution in [0, 0.1) is 5.82 Å². The van der Waals surface area contributed by atoms with Crippen LogP contribution in [-0.2, 0) is 11.3 Å². The molecule has 0 aliphatic heterocycles. The second-order valence-corrected chi connectivity index (χ2v) is 4.60. The molecular weight excluding hydrogens is 281 g/mol. The van der Waals surface area contributed by atoms with E-state index >= 15 is 0 Å². The quantitative estimate of drug-likeness (QED) is 0.870. The SMILES string of the molecule is COC(=O)c1ccc(CNc2cc(Cl)ccc2F)cc1. The molecule has 0 amide bonds. The Hall–Kier alpha value is -2.07. The van der Waals surface area contributed by atoms with Crippen molar-refractivity contribution in [2.75, 3.05) is 12.4 Å². The van der Waals surface area contributed by atoms with Gasteiger partial charge < -0.3 is 10.1 Å². The average Bonchev–Trinajstić information content (AvgIpc) is 2.48. The summed E-state index contributed by atoms with van der Waals surface area (Å²) >= 11 is 5.81. The highest BCUT2D eigenvalue weighted by atomic mass is 35.5. The van der Waals surface area contributed by atoms with Crippen LogP contribution in [0.5, 0.6) is 0 Å². The molecule has 2 rings (SSSR count). The third-order valence-corrected chi connectivity index (χ3v) is 3.02.